The smallest absolute Gasteiger partial charge is 0.220 e. The maximum absolute atomic E-state index is 12.3. The Morgan fingerprint density at radius 3 is 2.52 bits per heavy atom. The number of aryl methyl sites for hydroxylation is 2. The number of carbonyl (C=O) groups excluding carboxylic acids is 2. The first-order chi connectivity index (χ1) is 11.0. The van der Waals surface area contributed by atoms with Crippen molar-refractivity contribution in [3.8, 4) is 0 Å². The van der Waals surface area contributed by atoms with Crippen molar-refractivity contribution in [3.63, 3.8) is 0 Å². The lowest BCUT2D eigenvalue weighted by Crippen LogP contribution is -2.48. The molecule has 4 nitrogen and oxygen atoms in total. The van der Waals surface area contributed by atoms with Gasteiger partial charge < -0.3 is 10.6 Å². The highest BCUT2D eigenvalue weighted by atomic mass is 16.2. The first kappa shape index (κ1) is 16.2. The molecular weight excluding hydrogens is 288 g/mol. The molecule has 2 bridgehead atoms. The van der Waals surface area contributed by atoms with Crippen LogP contribution in [-0.4, -0.2) is 29.8 Å². The topological polar surface area (TPSA) is 58.2 Å². The van der Waals surface area contributed by atoms with Gasteiger partial charge in [-0.25, -0.2) is 0 Å². The summed E-state index contributed by atoms with van der Waals surface area (Å²) in [7, 11) is 0. The van der Waals surface area contributed by atoms with Crippen LogP contribution in [0.1, 0.15) is 60.0 Å². The maximum atomic E-state index is 12.3. The first-order valence-corrected chi connectivity index (χ1v) is 8.67. The fourth-order valence-corrected chi connectivity index (χ4v) is 3.87. The van der Waals surface area contributed by atoms with E-state index in [0.717, 1.165) is 29.5 Å². The summed E-state index contributed by atoms with van der Waals surface area (Å²) in [4.78, 5) is 24.5. The van der Waals surface area contributed by atoms with Gasteiger partial charge in [0.1, 0.15) is 0 Å². The molecule has 3 rings (SSSR count). The van der Waals surface area contributed by atoms with Gasteiger partial charge in [-0.05, 0) is 51.2 Å². The van der Waals surface area contributed by atoms with E-state index in [1.807, 2.05) is 32.0 Å². The molecule has 0 saturated carbocycles. The molecule has 23 heavy (non-hydrogen) atoms. The van der Waals surface area contributed by atoms with E-state index in [2.05, 4.69) is 10.6 Å². The van der Waals surface area contributed by atoms with Crippen LogP contribution in [0.4, 0.5) is 0 Å². The summed E-state index contributed by atoms with van der Waals surface area (Å²) in [6.45, 7) is 3.92. The molecule has 2 atom stereocenters. The van der Waals surface area contributed by atoms with E-state index >= 15 is 0 Å². The Morgan fingerprint density at radius 1 is 1.13 bits per heavy atom. The van der Waals surface area contributed by atoms with Gasteiger partial charge >= 0.3 is 0 Å². The van der Waals surface area contributed by atoms with E-state index in [1.54, 1.807) is 0 Å². The summed E-state index contributed by atoms with van der Waals surface area (Å²) in [5.41, 5.74) is 2.81. The molecule has 1 amide bonds. The lowest BCUT2D eigenvalue weighted by atomic mass is 9.98. The quantitative estimate of drug-likeness (QED) is 0.822. The average Bonchev–Trinajstić information content (AvgIpc) is 2.86. The second-order valence-corrected chi connectivity index (χ2v) is 7.12. The number of nitrogens with one attached hydrogen (secondary N) is 2. The van der Waals surface area contributed by atoms with E-state index < -0.39 is 0 Å². The third kappa shape index (κ3) is 3.99. The minimum atomic E-state index is 0.00922. The Balaban J connectivity index is 1.49. The Bertz CT molecular complexity index is 599. The number of rotatable bonds is 5. The molecule has 0 aromatic heterocycles. The third-order valence-electron chi connectivity index (χ3n) is 5.11. The van der Waals surface area contributed by atoms with Crippen molar-refractivity contribution < 1.29 is 9.59 Å². The van der Waals surface area contributed by atoms with Crippen LogP contribution in [0.15, 0.2) is 18.2 Å². The molecule has 2 saturated heterocycles. The highest BCUT2D eigenvalue weighted by molar-refractivity contribution is 5.99. The average molecular weight is 314 g/mol. The van der Waals surface area contributed by atoms with E-state index in [4.69, 9.17) is 0 Å². The molecule has 2 fully saturated rings. The lowest BCUT2D eigenvalue weighted by Gasteiger charge is -2.29. The fraction of sp³-hybridized carbons (Fsp3) is 0.579. The Kier molecular flexibility index (Phi) is 4.81. The predicted molar refractivity (Wildman–Crippen MR) is 90.6 cm³/mol. The van der Waals surface area contributed by atoms with Crippen LogP contribution in [0.5, 0.6) is 0 Å². The van der Waals surface area contributed by atoms with Crippen molar-refractivity contribution in [2.24, 2.45) is 0 Å². The zero-order valence-corrected chi connectivity index (χ0v) is 14.0. The Morgan fingerprint density at radius 2 is 1.83 bits per heavy atom. The molecule has 0 spiro atoms. The highest BCUT2D eigenvalue weighted by Crippen LogP contribution is 2.26. The highest BCUT2D eigenvalue weighted by Gasteiger charge is 2.33. The maximum Gasteiger partial charge on any atom is 0.220 e. The molecule has 0 radical (unpaired) electrons. The van der Waals surface area contributed by atoms with Crippen LogP contribution in [0.2, 0.25) is 0 Å². The fourth-order valence-electron chi connectivity index (χ4n) is 3.87. The summed E-state index contributed by atoms with van der Waals surface area (Å²) in [5.74, 6) is 0.0710. The Hall–Kier alpha value is -1.68. The van der Waals surface area contributed by atoms with Gasteiger partial charge in [0.15, 0.2) is 5.78 Å². The zero-order chi connectivity index (χ0) is 16.4. The van der Waals surface area contributed by atoms with Crippen molar-refractivity contribution in [1.82, 2.24) is 10.6 Å². The minimum absolute atomic E-state index is 0.00922. The monoisotopic (exact) mass is 314 g/mol. The van der Waals surface area contributed by atoms with Crippen molar-refractivity contribution in [3.05, 3.63) is 34.9 Å². The van der Waals surface area contributed by atoms with Crippen LogP contribution in [0, 0.1) is 13.8 Å². The third-order valence-corrected chi connectivity index (χ3v) is 5.11. The largest absolute Gasteiger partial charge is 0.353 e. The number of hydrogen-bond donors (Lipinski definition) is 2. The molecule has 2 N–H and O–H groups in total. The van der Waals surface area contributed by atoms with Crippen LogP contribution in [0.25, 0.3) is 0 Å². The van der Waals surface area contributed by atoms with Crippen molar-refractivity contribution in [2.75, 3.05) is 0 Å². The van der Waals surface area contributed by atoms with Gasteiger partial charge in [0.05, 0.1) is 0 Å². The first-order valence-electron chi connectivity index (χ1n) is 8.67. The second kappa shape index (κ2) is 6.83. The summed E-state index contributed by atoms with van der Waals surface area (Å²) < 4.78 is 0. The Labute approximate surface area is 138 Å². The molecule has 2 aliphatic heterocycles. The molecule has 2 unspecified atom stereocenters. The molecule has 2 aliphatic rings. The molecule has 1 aromatic rings. The van der Waals surface area contributed by atoms with Gasteiger partial charge in [0.2, 0.25) is 5.91 Å². The van der Waals surface area contributed by atoms with Crippen molar-refractivity contribution >= 4 is 11.7 Å². The predicted octanol–water partition coefficient (Wildman–Crippen LogP) is 2.67. The number of ketones is 1. The number of benzene rings is 1. The van der Waals surface area contributed by atoms with Crippen molar-refractivity contribution in [2.45, 2.75) is 70.5 Å². The van der Waals surface area contributed by atoms with E-state index in [9.17, 15) is 9.59 Å². The second-order valence-electron chi connectivity index (χ2n) is 7.12. The molecule has 4 heteroatoms. The summed E-state index contributed by atoms with van der Waals surface area (Å²) in [5, 5.41) is 6.69. The lowest BCUT2D eigenvalue weighted by molar-refractivity contribution is -0.122. The summed E-state index contributed by atoms with van der Waals surface area (Å²) >= 11 is 0. The number of piperidine rings is 1. The van der Waals surface area contributed by atoms with E-state index in [0.29, 0.717) is 12.1 Å². The molecule has 0 aliphatic carbocycles. The van der Waals surface area contributed by atoms with Gasteiger partial charge in [0.25, 0.3) is 0 Å². The SMILES string of the molecule is Cc1ccc(C)c(C(=O)CCC(=O)NC2CC3CCC(C2)N3)c1. The van der Waals surface area contributed by atoms with Gasteiger partial charge in [-0.1, -0.05) is 17.7 Å². The summed E-state index contributed by atoms with van der Waals surface area (Å²) in [6, 6.07) is 7.29. The van der Waals surface area contributed by atoms with Crippen LogP contribution in [0.3, 0.4) is 0 Å². The number of Topliss-reactive ketones (excluding diaryl/α,β-unsaturated/α-hetero) is 1. The zero-order valence-electron chi connectivity index (χ0n) is 14.0. The van der Waals surface area contributed by atoms with Gasteiger partial charge in [0, 0.05) is 36.5 Å². The van der Waals surface area contributed by atoms with Crippen LogP contribution >= 0.6 is 0 Å². The molecule has 2 heterocycles. The van der Waals surface area contributed by atoms with Gasteiger partial charge in [-0.3, -0.25) is 9.59 Å². The number of fused-ring (bicyclic) bond motifs is 2. The van der Waals surface area contributed by atoms with Crippen LogP contribution < -0.4 is 10.6 Å². The van der Waals surface area contributed by atoms with Crippen molar-refractivity contribution in [1.29, 1.82) is 0 Å². The normalized spacial score (nSPS) is 26.1. The van der Waals surface area contributed by atoms with E-state index in [-0.39, 0.29) is 30.6 Å². The summed E-state index contributed by atoms with van der Waals surface area (Å²) in [6.07, 6.45) is 5.06. The molecule has 1 aromatic carbocycles. The minimum Gasteiger partial charge on any atom is -0.353 e. The number of amides is 1. The number of hydrogen-bond acceptors (Lipinski definition) is 3. The standard InChI is InChI=1S/C19H26N2O2/c1-12-3-4-13(2)17(9-12)18(22)7-8-19(23)21-16-10-14-5-6-15(11-16)20-14/h3-4,9,14-16,20H,5-8,10-11H2,1-2H3,(H,21,23). The van der Waals surface area contributed by atoms with E-state index in [1.165, 1.54) is 12.8 Å². The number of carbonyl (C=O) groups is 2. The molecule has 124 valence electrons. The van der Waals surface area contributed by atoms with Gasteiger partial charge in [-0.15, -0.1) is 0 Å². The van der Waals surface area contributed by atoms with Crippen LogP contribution in [-0.2, 0) is 4.79 Å². The van der Waals surface area contributed by atoms with Gasteiger partial charge in [-0.2, -0.15) is 0 Å². The molecular formula is C19H26N2O2.